The first-order valence-corrected chi connectivity index (χ1v) is 7.23. The van der Waals surface area contributed by atoms with E-state index in [9.17, 15) is 8.42 Å². The molecule has 19 heavy (non-hydrogen) atoms. The van der Waals surface area contributed by atoms with E-state index in [2.05, 4.69) is 14.7 Å². The minimum atomic E-state index is -3.57. The first kappa shape index (κ1) is 13.6. The molecule has 0 amide bonds. The maximum atomic E-state index is 12.1. The predicted octanol–water partition coefficient (Wildman–Crippen LogP) is 0.939. The fourth-order valence-corrected chi connectivity index (χ4v) is 2.86. The first-order valence-electron chi connectivity index (χ1n) is 5.74. The lowest BCUT2D eigenvalue weighted by Crippen LogP contribution is -2.26. The summed E-state index contributed by atoms with van der Waals surface area (Å²) in [6.45, 7) is 0.272. The molecule has 7 heteroatoms. The second-order valence-corrected chi connectivity index (χ2v) is 5.57. The monoisotopic (exact) mass is 281 g/mol. The Bertz CT molecular complexity index is 623. The normalized spacial score (nSPS) is 11.4. The summed E-state index contributed by atoms with van der Waals surface area (Å²) in [7, 11) is -2.13. The lowest BCUT2D eigenvalue weighted by Gasteiger charge is -2.09. The van der Waals surface area contributed by atoms with Crippen molar-refractivity contribution in [1.82, 2.24) is 14.7 Å². The Kier molecular flexibility index (Phi) is 4.18. The molecule has 0 bridgehead atoms. The van der Waals surface area contributed by atoms with Gasteiger partial charge in [0.15, 0.2) is 0 Å². The molecule has 2 N–H and O–H groups in total. The Morgan fingerprint density at radius 3 is 2.84 bits per heavy atom. The molecule has 2 rings (SSSR count). The van der Waals surface area contributed by atoms with E-state index in [-0.39, 0.29) is 11.4 Å². The summed E-state index contributed by atoms with van der Waals surface area (Å²) in [6, 6.07) is 6.50. The topological polar surface area (TPSA) is 84.1 Å². The Hall–Kier alpha value is -1.86. The molecule has 0 saturated carbocycles. The third-order valence-corrected chi connectivity index (χ3v) is 4.07. The van der Waals surface area contributed by atoms with Crippen LogP contribution in [0.4, 0.5) is 0 Å². The third kappa shape index (κ3) is 3.33. The van der Waals surface area contributed by atoms with Crippen LogP contribution in [0.1, 0.15) is 5.82 Å². The van der Waals surface area contributed by atoms with Crippen LogP contribution in [0.5, 0.6) is 5.75 Å². The van der Waals surface area contributed by atoms with Gasteiger partial charge >= 0.3 is 0 Å². The van der Waals surface area contributed by atoms with Crippen LogP contribution in [0.25, 0.3) is 0 Å². The van der Waals surface area contributed by atoms with E-state index >= 15 is 0 Å². The molecule has 0 aliphatic carbocycles. The minimum Gasteiger partial charge on any atom is -0.495 e. The van der Waals surface area contributed by atoms with E-state index < -0.39 is 10.0 Å². The number of para-hydroxylation sites is 1. The maximum absolute atomic E-state index is 12.1. The van der Waals surface area contributed by atoms with Crippen LogP contribution in [0.3, 0.4) is 0 Å². The van der Waals surface area contributed by atoms with E-state index in [4.69, 9.17) is 4.74 Å². The Labute approximate surface area is 111 Å². The van der Waals surface area contributed by atoms with E-state index in [0.717, 1.165) is 5.82 Å². The summed E-state index contributed by atoms with van der Waals surface area (Å²) < 4.78 is 31.8. The number of benzene rings is 1. The summed E-state index contributed by atoms with van der Waals surface area (Å²) in [6.07, 6.45) is 3.83. The van der Waals surface area contributed by atoms with Gasteiger partial charge in [-0.2, -0.15) is 0 Å². The van der Waals surface area contributed by atoms with Crippen molar-refractivity contribution < 1.29 is 13.2 Å². The van der Waals surface area contributed by atoms with Crippen molar-refractivity contribution in [2.45, 2.75) is 11.3 Å². The molecule has 0 aliphatic heterocycles. The molecule has 0 saturated heterocycles. The number of methoxy groups -OCH3 is 1. The highest BCUT2D eigenvalue weighted by atomic mass is 32.2. The van der Waals surface area contributed by atoms with Crippen LogP contribution in [0, 0.1) is 0 Å². The summed E-state index contributed by atoms with van der Waals surface area (Å²) in [5.74, 6) is 1.07. The number of aromatic nitrogens is 2. The van der Waals surface area contributed by atoms with Gasteiger partial charge in [-0.05, 0) is 12.1 Å². The van der Waals surface area contributed by atoms with Crippen molar-refractivity contribution in [3.05, 3.63) is 42.5 Å². The molecular weight excluding hydrogens is 266 g/mol. The molecule has 0 unspecified atom stereocenters. The predicted molar refractivity (Wildman–Crippen MR) is 70.5 cm³/mol. The van der Waals surface area contributed by atoms with Crippen LogP contribution in [-0.4, -0.2) is 32.0 Å². The third-order valence-electron chi connectivity index (χ3n) is 2.57. The number of nitrogens with one attached hydrogen (secondary N) is 2. The molecule has 0 radical (unpaired) electrons. The largest absolute Gasteiger partial charge is 0.495 e. The Balaban J connectivity index is 2.05. The zero-order valence-corrected chi connectivity index (χ0v) is 11.3. The zero-order chi connectivity index (χ0) is 13.7. The van der Waals surface area contributed by atoms with Gasteiger partial charge in [0, 0.05) is 25.4 Å². The highest BCUT2D eigenvalue weighted by Gasteiger charge is 2.18. The average Bonchev–Trinajstić information content (AvgIpc) is 2.91. The second-order valence-electron chi connectivity index (χ2n) is 3.83. The summed E-state index contributed by atoms with van der Waals surface area (Å²) in [5.41, 5.74) is 0. The van der Waals surface area contributed by atoms with Crippen molar-refractivity contribution >= 4 is 10.0 Å². The molecule has 1 aromatic heterocycles. The molecular formula is C12H15N3O3S. The van der Waals surface area contributed by atoms with E-state index in [1.165, 1.54) is 13.2 Å². The molecule has 102 valence electrons. The second kappa shape index (κ2) is 5.85. The zero-order valence-electron chi connectivity index (χ0n) is 10.5. The molecule has 0 aliphatic rings. The van der Waals surface area contributed by atoms with Gasteiger partial charge in [-0.15, -0.1) is 0 Å². The van der Waals surface area contributed by atoms with Gasteiger partial charge < -0.3 is 9.72 Å². The van der Waals surface area contributed by atoms with Gasteiger partial charge in [0.25, 0.3) is 0 Å². The number of sulfonamides is 1. The number of H-pyrrole nitrogens is 1. The van der Waals surface area contributed by atoms with Gasteiger partial charge in [-0.25, -0.2) is 18.1 Å². The SMILES string of the molecule is COc1ccccc1S(=O)(=O)NCCc1ncc[nH]1. The van der Waals surface area contributed by atoms with Crippen LogP contribution >= 0.6 is 0 Å². The number of nitrogens with zero attached hydrogens (tertiary/aromatic N) is 1. The first-order chi connectivity index (χ1) is 9.13. The highest BCUT2D eigenvalue weighted by Crippen LogP contribution is 2.22. The number of imidazole rings is 1. The van der Waals surface area contributed by atoms with Crippen molar-refractivity contribution in [3.8, 4) is 5.75 Å². The standard InChI is InChI=1S/C12H15N3O3S/c1-18-10-4-2-3-5-11(10)19(16,17)15-7-6-12-13-8-9-14-12/h2-5,8-9,15H,6-7H2,1H3,(H,13,14). The average molecular weight is 281 g/mol. The molecule has 1 heterocycles. The van der Waals surface area contributed by atoms with Crippen molar-refractivity contribution in [2.24, 2.45) is 0 Å². The fourth-order valence-electron chi connectivity index (χ4n) is 1.66. The molecule has 6 nitrogen and oxygen atoms in total. The molecule has 2 aromatic rings. The van der Waals surface area contributed by atoms with Crippen molar-refractivity contribution in [2.75, 3.05) is 13.7 Å². The minimum absolute atomic E-state index is 0.136. The van der Waals surface area contributed by atoms with Crippen molar-refractivity contribution in [3.63, 3.8) is 0 Å². The van der Waals surface area contributed by atoms with Crippen LogP contribution in [0.2, 0.25) is 0 Å². The number of rotatable bonds is 6. The van der Waals surface area contributed by atoms with Gasteiger partial charge in [0.05, 0.1) is 7.11 Å². The van der Waals surface area contributed by atoms with Crippen LogP contribution in [0.15, 0.2) is 41.6 Å². The maximum Gasteiger partial charge on any atom is 0.244 e. The molecule has 1 aromatic carbocycles. The lowest BCUT2D eigenvalue weighted by molar-refractivity contribution is 0.402. The van der Waals surface area contributed by atoms with Crippen molar-refractivity contribution in [1.29, 1.82) is 0 Å². The van der Waals surface area contributed by atoms with E-state index in [1.807, 2.05) is 0 Å². The number of hydrogen-bond acceptors (Lipinski definition) is 4. The summed E-state index contributed by atoms with van der Waals surface area (Å²) in [4.78, 5) is 7.08. The van der Waals surface area contributed by atoms with Crippen LogP contribution in [-0.2, 0) is 16.4 Å². The molecule has 0 atom stereocenters. The van der Waals surface area contributed by atoms with Gasteiger partial charge in [0.2, 0.25) is 10.0 Å². The van der Waals surface area contributed by atoms with E-state index in [0.29, 0.717) is 12.2 Å². The molecule has 0 fully saturated rings. The number of aromatic amines is 1. The smallest absolute Gasteiger partial charge is 0.244 e. The highest BCUT2D eigenvalue weighted by molar-refractivity contribution is 7.89. The quantitative estimate of drug-likeness (QED) is 0.825. The number of ether oxygens (including phenoxy) is 1. The lowest BCUT2D eigenvalue weighted by atomic mass is 10.3. The Morgan fingerprint density at radius 2 is 2.16 bits per heavy atom. The van der Waals surface area contributed by atoms with Gasteiger partial charge in [0.1, 0.15) is 16.5 Å². The van der Waals surface area contributed by atoms with E-state index in [1.54, 1.807) is 30.6 Å². The van der Waals surface area contributed by atoms with Crippen LogP contribution < -0.4 is 9.46 Å². The van der Waals surface area contributed by atoms with Gasteiger partial charge in [-0.3, -0.25) is 0 Å². The summed E-state index contributed by atoms with van der Waals surface area (Å²) in [5, 5.41) is 0. The molecule has 0 spiro atoms. The Morgan fingerprint density at radius 1 is 1.37 bits per heavy atom. The number of hydrogen-bond donors (Lipinski definition) is 2. The summed E-state index contributed by atoms with van der Waals surface area (Å²) >= 11 is 0. The fraction of sp³-hybridized carbons (Fsp3) is 0.250. The van der Waals surface area contributed by atoms with Gasteiger partial charge in [-0.1, -0.05) is 12.1 Å².